The van der Waals surface area contributed by atoms with E-state index in [1.165, 1.54) is 6.08 Å². The fraction of sp³-hybridized carbons (Fsp3) is 0.200. The van der Waals surface area contributed by atoms with Crippen LogP contribution in [0.25, 0.3) is 17.1 Å². The van der Waals surface area contributed by atoms with Crippen LogP contribution in [0.15, 0.2) is 54.9 Å². The molecule has 3 heterocycles. The largest absolute Gasteiger partial charge is 0.378 e. The number of ether oxygens (including phenoxy) is 1. The highest BCUT2D eigenvalue weighted by atomic mass is 16.5. The van der Waals surface area contributed by atoms with E-state index in [0.717, 1.165) is 43.0 Å². The number of para-hydroxylation sites is 2. The minimum absolute atomic E-state index is 0.267. The zero-order valence-corrected chi connectivity index (χ0v) is 14.7. The highest BCUT2D eigenvalue weighted by Crippen LogP contribution is 2.16. The van der Waals surface area contributed by atoms with Gasteiger partial charge < -0.3 is 15.0 Å². The monoisotopic (exact) mass is 361 g/mol. The Balaban J connectivity index is 1.38. The third kappa shape index (κ3) is 4.27. The molecule has 4 rings (SSSR count). The fourth-order valence-electron chi connectivity index (χ4n) is 2.85. The molecule has 1 N–H and O–H groups in total. The van der Waals surface area contributed by atoms with Crippen molar-refractivity contribution in [3.8, 4) is 0 Å². The summed E-state index contributed by atoms with van der Waals surface area (Å²) in [6.07, 6.45) is 6.47. The third-order valence-electron chi connectivity index (χ3n) is 4.25. The maximum Gasteiger partial charge on any atom is 0.249 e. The number of hydrogen-bond donors (Lipinski definition) is 1. The lowest BCUT2D eigenvalue weighted by Gasteiger charge is -2.28. The quantitative estimate of drug-likeness (QED) is 0.719. The maximum absolute atomic E-state index is 12.1. The first-order valence-electron chi connectivity index (χ1n) is 8.77. The lowest BCUT2D eigenvalue weighted by atomic mass is 10.3. The molecule has 7 heteroatoms. The number of rotatable bonds is 4. The Morgan fingerprint density at radius 1 is 1.04 bits per heavy atom. The zero-order valence-electron chi connectivity index (χ0n) is 14.7. The minimum Gasteiger partial charge on any atom is -0.378 e. The molecule has 3 aromatic rings. The number of anilines is 2. The molecule has 1 fully saturated rings. The Bertz CT molecular complexity index is 966. The van der Waals surface area contributed by atoms with Gasteiger partial charge in [0.15, 0.2) is 0 Å². The molecule has 0 unspecified atom stereocenters. The van der Waals surface area contributed by atoms with Gasteiger partial charge in [0.05, 0.1) is 48.0 Å². The van der Waals surface area contributed by atoms with Crippen LogP contribution in [0, 0.1) is 0 Å². The predicted molar refractivity (Wildman–Crippen MR) is 104 cm³/mol. The van der Waals surface area contributed by atoms with Crippen LogP contribution in [0.2, 0.25) is 0 Å². The van der Waals surface area contributed by atoms with E-state index in [2.05, 4.69) is 25.2 Å². The van der Waals surface area contributed by atoms with Gasteiger partial charge in [0.2, 0.25) is 5.91 Å². The van der Waals surface area contributed by atoms with Crippen molar-refractivity contribution >= 4 is 34.5 Å². The van der Waals surface area contributed by atoms with Crippen molar-refractivity contribution in [2.24, 2.45) is 0 Å². The van der Waals surface area contributed by atoms with Gasteiger partial charge in [0.25, 0.3) is 0 Å². The molecule has 0 radical (unpaired) electrons. The first kappa shape index (κ1) is 17.1. The minimum atomic E-state index is -0.267. The van der Waals surface area contributed by atoms with Crippen LogP contribution in [0.3, 0.4) is 0 Å². The van der Waals surface area contributed by atoms with Crippen LogP contribution in [-0.4, -0.2) is 47.2 Å². The van der Waals surface area contributed by atoms with Gasteiger partial charge >= 0.3 is 0 Å². The maximum atomic E-state index is 12.1. The number of pyridine rings is 1. The summed E-state index contributed by atoms with van der Waals surface area (Å²) < 4.78 is 5.35. The van der Waals surface area contributed by atoms with Crippen molar-refractivity contribution in [2.75, 3.05) is 36.5 Å². The average Bonchev–Trinajstić information content (AvgIpc) is 2.73. The van der Waals surface area contributed by atoms with Gasteiger partial charge in [-0.3, -0.25) is 9.78 Å². The molecule has 1 amide bonds. The topological polar surface area (TPSA) is 80.2 Å². The number of carbonyl (C=O) groups is 1. The molecule has 27 heavy (non-hydrogen) atoms. The fourth-order valence-corrected chi connectivity index (χ4v) is 2.85. The number of nitrogens with zero attached hydrogens (tertiary/aromatic N) is 4. The molecule has 2 aromatic heterocycles. The van der Waals surface area contributed by atoms with Crippen LogP contribution >= 0.6 is 0 Å². The molecule has 1 aliphatic heterocycles. The van der Waals surface area contributed by atoms with Gasteiger partial charge in [0.1, 0.15) is 5.82 Å². The summed E-state index contributed by atoms with van der Waals surface area (Å²) in [6, 6.07) is 11.4. The van der Waals surface area contributed by atoms with Crippen LogP contribution in [0.1, 0.15) is 5.69 Å². The van der Waals surface area contributed by atoms with Gasteiger partial charge in [-0.2, -0.15) is 0 Å². The van der Waals surface area contributed by atoms with E-state index in [1.54, 1.807) is 24.5 Å². The zero-order chi connectivity index (χ0) is 18.5. The molecule has 0 atom stereocenters. The van der Waals surface area contributed by atoms with Crippen LogP contribution < -0.4 is 10.2 Å². The second kappa shape index (κ2) is 7.92. The third-order valence-corrected chi connectivity index (χ3v) is 4.25. The average molecular weight is 361 g/mol. The molecular weight excluding hydrogens is 342 g/mol. The van der Waals surface area contributed by atoms with Gasteiger partial charge in [0, 0.05) is 19.2 Å². The van der Waals surface area contributed by atoms with Crippen molar-refractivity contribution in [1.82, 2.24) is 15.0 Å². The summed E-state index contributed by atoms with van der Waals surface area (Å²) in [5.41, 5.74) is 3.27. The van der Waals surface area contributed by atoms with Gasteiger partial charge in [-0.15, -0.1) is 0 Å². The summed E-state index contributed by atoms with van der Waals surface area (Å²) >= 11 is 0. The number of nitrogens with one attached hydrogen (secondary N) is 1. The molecular formula is C20H19N5O2. The Morgan fingerprint density at radius 2 is 1.85 bits per heavy atom. The highest BCUT2D eigenvalue weighted by Gasteiger charge is 2.11. The first-order valence-corrected chi connectivity index (χ1v) is 8.77. The Kier molecular flexibility index (Phi) is 5.02. The molecule has 0 aliphatic carbocycles. The SMILES string of the molecule is O=C(/C=C/c1cnc2ccccc2n1)Nc1ccc(N2CCOCC2)cn1. The number of fused-ring (bicyclic) bond motifs is 1. The second-order valence-electron chi connectivity index (χ2n) is 6.11. The van der Waals surface area contributed by atoms with E-state index in [0.29, 0.717) is 11.5 Å². The number of morpholine rings is 1. The molecule has 1 aliphatic rings. The van der Waals surface area contributed by atoms with E-state index in [4.69, 9.17) is 4.74 Å². The van der Waals surface area contributed by atoms with Crippen molar-refractivity contribution in [3.05, 3.63) is 60.6 Å². The van der Waals surface area contributed by atoms with E-state index in [9.17, 15) is 4.79 Å². The van der Waals surface area contributed by atoms with Crippen molar-refractivity contribution < 1.29 is 9.53 Å². The summed E-state index contributed by atoms with van der Waals surface area (Å²) in [5.74, 6) is 0.239. The number of hydrogen-bond acceptors (Lipinski definition) is 6. The molecule has 1 saturated heterocycles. The molecule has 7 nitrogen and oxygen atoms in total. The second-order valence-corrected chi connectivity index (χ2v) is 6.11. The van der Waals surface area contributed by atoms with Crippen molar-refractivity contribution in [3.63, 3.8) is 0 Å². The lowest BCUT2D eigenvalue weighted by Crippen LogP contribution is -2.36. The Morgan fingerprint density at radius 3 is 2.63 bits per heavy atom. The van der Waals surface area contributed by atoms with Crippen LogP contribution in [0.4, 0.5) is 11.5 Å². The smallest absolute Gasteiger partial charge is 0.249 e. The number of carbonyl (C=O) groups excluding carboxylic acids is 1. The van der Waals surface area contributed by atoms with Crippen molar-refractivity contribution in [1.29, 1.82) is 0 Å². The number of amides is 1. The molecule has 0 saturated carbocycles. The summed E-state index contributed by atoms with van der Waals surface area (Å²) in [4.78, 5) is 27.4. The standard InChI is InChI=1S/C20H19N5O2/c26-20(8-5-15-13-21-17-3-1-2-4-18(17)23-15)24-19-7-6-16(14-22-19)25-9-11-27-12-10-25/h1-8,13-14H,9-12H2,(H,22,24,26)/b8-5+. The number of benzene rings is 1. The summed E-state index contributed by atoms with van der Waals surface area (Å²) in [6.45, 7) is 3.15. The normalized spacial score (nSPS) is 14.6. The molecule has 0 bridgehead atoms. The number of aromatic nitrogens is 3. The van der Waals surface area contributed by atoms with Crippen LogP contribution in [-0.2, 0) is 9.53 Å². The molecule has 136 valence electrons. The first-order chi connectivity index (χ1) is 13.3. The van der Waals surface area contributed by atoms with Gasteiger partial charge in [-0.05, 0) is 30.3 Å². The van der Waals surface area contributed by atoms with E-state index in [-0.39, 0.29) is 5.91 Å². The Hall–Kier alpha value is -3.32. The van der Waals surface area contributed by atoms with Gasteiger partial charge in [-0.25, -0.2) is 9.97 Å². The van der Waals surface area contributed by atoms with Gasteiger partial charge in [-0.1, -0.05) is 12.1 Å². The van der Waals surface area contributed by atoms with Crippen molar-refractivity contribution in [2.45, 2.75) is 0 Å². The van der Waals surface area contributed by atoms with E-state index in [1.807, 2.05) is 30.3 Å². The lowest BCUT2D eigenvalue weighted by molar-refractivity contribution is -0.111. The van der Waals surface area contributed by atoms with E-state index >= 15 is 0 Å². The summed E-state index contributed by atoms with van der Waals surface area (Å²) in [5, 5.41) is 2.75. The predicted octanol–water partition coefficient (Wildman–Crippen LogP) is 2.51. The Labute approximate surface area is 156 Å². The van der Waals surface area contributed by atoms with Crippen LogP contribution in [0.5, 0.6) is 0 Å². The molecule has 0 spiro atoms. The highest BCUT2D eigenvalue weighted by molar-refractivity contribution is 6.01. The van der Waals surface area contributed by atoms with E-state index < -0.39 is 0 Å². The summed E-state index contributed by atoms with van der Waals surface area (Å²) in [7, 11) is 0. The molecule has 1 aromatic carbocycles.